The van der Waals surface area contributed by atoms with E-state index in [1.165, 1.54) is 5.01 Å². The molecule has 2 aliphatic heterocycles. The lowest BCUT2D eigenvalue weighted by Crippen LogP contribution is -2.48. The molecule has 0 N–H and O–H groups in total. The largest absolute Gasteiger partial charge is 0.366 e. The number of carbonyl (C=O) groups excluding carboxylic acids is 1. The van der Waals surface area contributed by atoms with E-state index < -0.39 is 0 Å². The van der Waals surface area contributed by atoms with Crippen LogP contribution >= 0.6 is 0 Å². The summed E-state index contributed by atoms with van der Waals surface area (Å²) in [5.74, 6) is -0.242. The lowest BCUT2D eigenvalue weighted by atomic mass is 9.79. The van der Waals surface area contributed by atoms with Crippen LogP contribution in [0.5, 0.6) is 0 Å². The van der Waals surface area contributed by atoms with Crippen molar-refractivity contribution < 1.29 is 9.18 Å². The van der Waals surface area contributed by atoms with E-state index in [0.717, 1.165) is 24.2 Å². The first-order valence-electron chi connectivity index (χ1n) is 10.5. The molecule has 0 spiro atoms. The van der Waals surface area contributed by atoms with Crippen LogP contribution in [0.4, 0.5) is 15.8 Å². The zero-order chi connectivity index (χ0) is 21.6. The van der Waals surface area contributed by atoms with E-state index in [2.05, 4.69) is 37.7 Å². The zero-order valence-corrected chi connectivity index (χ0v) is 18.2. The fraction of sp³-hybridized carbons (Fsp3) is 0.360. The summed E-state index contributed by atoms with van der Waals surface area (Å²) in [5.41, 5.74) is 4.21. The standard InChI is InChI=1S/C25H28FN3O/c1-6-28-23-14-22(26)18(12-20(23)16(2)15-25(28,4)5)13-21-17(3)27-29(24(21)30)19-10-8-7-9-11-19/h7-14,16H,6,15H2,1-5H3/b21-13-. The van der Waals surface area contributed by atoms with Crippen molar-refractivity contribution in [1.29, 1.82) is 0 Å². The van der Waals surface area contributed by atoms with Gasteiger partial charge in [0, 0.05) is 23.3 Å². The van der Waals surface area contributed by atoms with Gasteiger partial charge in [0.2, 0.25) is 0 Å². The van der Waals surface area contributed by atoms with E-state index >= 15 is 4.39 Å². The molecule has 4 rings (SSSR count). The maximum absolute atomic E-state index is 15.2. The predicted octanol–water partition coefficient (Wildman–Crippen LogP) is 5.74. The number of benzene rings is 2. The Morgan fingerprint density at radius 2 is 1.93 bits per heavy atom. The molecule has 2 aromatic carbocycles. The van der Waals surface area contributed by atoms with E-state index in [0.29, 0.717) is 28.5 Å². The molecule has 30 heavy (non-hydrogen) atoms. The Morgan fingerprint density at radius 3 is 2.60 bits per heavy atom. The molecule has 1 unspecified atom stereocenters. The van der Waals surface area contributed by atoms with Gasteiger partial charge in [-0.25, -0.2) is 4.39 Å². The molecule has 0 aliphatic carbocycles. The number of nitrogens with zero attached hydrogens (tertiary/aromatic N) is 3. The van der Waals surface area contributed by atoms with Crippen molar-refractivity contribution >= 4 is 29.1 Å². The van der Waals surface area contributed by atoms with Crippen molar-refractivity contribution in [3.05, 3.63) is 65.0 Å². The first-order valence-corrected chi connectivity index (χ1v) is 10.5. The van der Waals surface area contributed by atoms with E-state index in [4.69, 9.17) is 0 Å². The average Bonchev–Trinajstić information content (AvgIpc) is 2.97. The summed E-state index contributed by atoms with van der Waals surface area (Å²) in [5, 5.41) is 5.77. The average molecular weight is 406 g/mol. The molecule has 0 aromatic heterocycles. The molecule has 4 nitrogen and oxygen atoms in total. The second kappa shape index (κ2) is 7.38. The Hall–Kier alpha value is -2.95. The number of rotatable bonds is 3. The normalized spacial score (nSPS) is 21.8. The van der Waals surface area contributed by atoms with Crippen LogP contribution in [0.2, 0.25) is 0 Å². The van der Waals surface area contributed by atoms with E-state index in [1.807, 2.05) is 36.4 Å². The van der Waals surface area contributed by atoms with Gasteiger partial charge in [-0.1, -0.05) is 25.1 Å². The minimum atomic E-state index is -0.316. The van der Waals surface area contributed by atoms with Crippen LogP contribution in [0, 0.1) is 5.82 Å². The van der Waals surface area contributed by atoms with Gasteiger partial charge in [-0.2, -0.15) is 10.1 Å². The summed E-state index contributed by atoms with van der Waals surface area (Å²) >= 11 is 0. The van der Waals surface area contributed by atoms with Gasteiger partial charge >= 0.3 is 0 Å². The van der Waals surface area contributed by atoms with Gasteiger partial charge in [0.15, 0.2) is 0 Å². The highest BCUT2D eigenvalue weighted by Crippen LogP contribution is 2.44. The highest BCUT2D eigenvalue weighted by atomic mass is 19.1. The molecule has 2 aliphatic rings. The summed E-state index contributed by atoms with van der Waals surface area (Å²) in [6.07, 6.45) is 2.64. The molecule has 0 saturated heterocycles. The first-order chi connectivity index (χ1) is 14.2. The molecule has 2 aromatic rings. The van der Waals surface area contributed by atoms with Gasteiger partial charge in [-0.3, -0.25) is 4.79 Å². The molecule has 5 heteroatoms. The number of hydrogen-bond acceptors (Lipinski definition) is 3. The molecule has 1 atom stereocenters. The number of anilines is 2. The maximum atomic E-state index is 15.2. The third-order valence-electron chi connectivity index (χ3n) is 6.18. The second-order valence-electron chi connectivity index (χ2n) is 8.79. The van der Waals surface area contributed by atoms with Crippen LogP contribution in [-0.4, -0.2) is 23.7 Å². The fourth-order valence-corrected chi connectivity index (χ4v) is 4.81. The van der Waals surface area contributed by atoms with Crippen LogP contribution in [0.15, 0.2) is 53.1 Å². The van der Waals surface area contributed by atoms with E-state index in [1.54, 1.807) is 19.1 Å². The third kappa shape index (κ3) is 3.32. The van der Waals surface area contributed by atoms with Crippen LogP contribution in [-0.2, 0) is 4.79 Å². The van der Waals surface area contributed by atoms with Crippen LogP contribution < -0.4 is 9.91 Å². The third-order valence-corrected chi connectivity index (χ3v) is 6.18. The summed E-state index contributed by atoms with van der Waals surface area (Å²) in [7, 11) is 0. The van der Waals surface area contributed by atoms with E-state index in [9.17, 15) is 4.79 Å². The molecule has 1 amide bonds. The lowest BCUT2D eigenvalue weighted by Gasteiger charge is -2.47. The monoisotopic (exact) mass is 405 g/mol. The lowest BCUT2D eigenvalue weighted by molar-refractivity contribution is -0.114. The summed E-state index contributed by atoms with van der Waals surface area (Å²) in [6.45, 7) is 11.3. The maximum Gasteiger partial charge on any atom is 0.280 e. The fourth-order valence-electron chi connectivity index (χ4n) is 4.81. The topological polar surface area (TPSA) is 35.9 Å². The van der Waals surface area contributed by atoms with Crippen molar-refractivity contribution in [3.63, 3.8) is 0 Å². The smallest absolute Gasteiger partial charge is 0.280 e. The zero-order valence-electron chi connectivity index (χ0n) is 18.2. The van der Waals surface area contributed by atoms with Gasteiger partial charge in [0.25, 0.3) is 5.91 Å². The van der Waals surface area contributed by atoms with Crippen molar-refractivity contribution in [3.8, 4) is 0 Å². The van der Waals surface area contributed by atoms with Crippen molar-refractivity contribution in [2.24, 2.45) is 5.10 Å². The number of amides is 1. The minimum absolute atomic E-state index is 0.0194. The SMILES string of the molecule is CCN1c2cc(F)c(/C=C3\C(=O)N(c4ccccc4)N=C3C)cc2C(C)CC1(C)C. The van der Waals surface area contributed by atoms with Gasteiger partial charge in [0.05, 0.1) is 17.0 Å². The van der Waals surface area contributed by atoms with Crippen molar-refractivity contribution in [2.75, 3.05) is 16.5 Å². The highest BCUT2D eigenvalue weighted by molar-refractivity contribution is 6.32. The quantitative estimate of drug-likeness (QED) is 0.610. The summed E-state index contributed by atoms with van der Waals surface area (Å²) in [4.78, 5) is 15.3. The number of hydrogen-bond donors (Lipinski definition) is 0. The molecule has 156 valence electrons. The number of para-hydroxylation sites is 1. The Kier molecular flexibility index (Phi) is 5.00. The summed E-state index contributed by atoms with van der Waals surface area (Å²) < 4.78 is 15.2. The van der Waals surface area contributed by atoms with Gasteiger partial charge < -0.3 is 4.90 Å². The highest BCUT2D eigenvalue weighted by Gasteiger charge is 2.36. The van der Waals surface area contributed by atoms with Gasteiger partial charge in [0.1, 0.15) is 5.82 Å². The molecule has 2 heterocycles. The molecule has 0 radical (unpaired) electrons. The van der Waals surface area contributed by atoms with E-state index in [-0.39, 0.29) is 17.3 Å². The van der Waals surface area contributed by atoms with Gasteiger partial charge in [-0.05, 0) is 75.9 Å². The Bertz CT molecular complexity index is 1060. The second-order valence-corrected chi connectivity index (χ2v) is 8.79. The Morgan fingerprint density at radius 1 is 1.23 bits per heavy atom. The van der Waals surface area contributed by atoms with Gasteiger partial charge in [-0.15, -0.1) is 0 Å². The number of carbonyl (C=O) groups is 1. The first kappa shape index (κ1) is 20.3. The molecule has 0 saturated carbocycles. The van der Waals surface area contributed by atoms with Crippen molar-refractivity contribution in [2.45, 2.75) is 52.5 Å². The number of halogens is 1. The van der Waals surface area contributed by atoms with Crippen LogP contribution in [0.1, 0.15) is 58.1 Å². The van der Waals surface area contributed by atoms with Crippen molar-refractivity contribution in [1.82, 2.24) is 0 Å². The number of fused-ring (bicyclic) bond motifs is 1. The molecule has 0 fully saturated rings. The molecular formula is C25H28FN3O. The van der Waals surface area contributed by atoms with Crippen LogP contribution in [0.25, 0.3) is 6.08 Å². The Labute approximate surface area is 177 Å². The molecule has 0 bridgehead atoms. The van der Waals surface area contributed by atoms with Crippen LogP contribution in [0.3, 0.4) is 0 Å². The molecular weight excluding hydrogens is 377 g/mol. The number of hydrazone groups is 1. The minimum Gasteiger partial charge on any atom is -0.366 e. The summed E-state index contributed by atoms with van der Waals surface area (Å²) in [6, 6.07) is 12.8. The Balaban J connectivity index is 1.74. The predicted molar refractivity (Wildman–Crippen MR) is 122 cm³/mol.